The first-order chi connectivity index (χ1) is 14.2. The van der Waals surface area contributed by atoms with Crippen LogP contribution in [0.4, 0.5) is 0 Å². The standard InChI is InChI=1S/C22H19N3O3S/c1-26-16-6-4-5-15(11-16)21-17(9-10-23)25-18(13-29-22(25)24-21)14-7-8-19(27-2)20(12-14)28-3/h4-8,11-13H,9H2,1-3H3. The number of fused-ring (bicyclic) bond motifs is 1. The van der Waals surface area contributed by atoms with E-state index in [1.54, 1.807) is 21.3 Å². The van der Waals surface area contributed by atoms with E-state index in [4.69, 9.17) is 19.2 Å². The minimum atomic E-state index is 0.241. The summed E-state index contributed by atoms with van der Waals surface area (Å²) >= 11 is 1.54. The highest BCUT2D eigenvalue weighted by atomic mass is 32.1. The fourth-order valence-corrected chi connectivity index (χ4v) is 4.27. The smallest absolute Gasteiger partial charge is 0.194 e. The molecule has 4 aromatic rings. The molecule has 0 unspecified atom stereocenters. The second-order valence-corrected chi connectivity index (χ2v) is 7.12. The van der Waals surface area contributed by atoms with Crippen LogP contribution in [-0.2, 0) is 6.42 Å². The first-order valence-electron chi connectivity index (χ1n) is 8.92. The number of rotatable bonds is 6. The molecule has 7 heteroatoms. The number of nitriles is 1. The van der Waals surface area contributed by atoms with Gasteiger partial charge in [-0.3, -0.25) is 4.40 Å². The Kier molecular flexibility index (Phi) is 5.10. The van der Waals surface area contributed by atoms with Crippen LogP contribution < -0.4 is 14.2 Å². The number of hydrogen-bond donors (Lipinski definition) is 0. The first-order valence-corrected chi connectivity index (χ1v) is 9.80. The van der Waals surface area contributed by atoms with Crippen molar-refractivity contribution >= 4 is 16.3 Å². The van der Waals surface area contributed by atoms with Crippen molar-refractivity contribution in [3.8, 4) is 45.8 Å². The summed E-state index contributed by atoms with van der Waals surface area (Å²) in [5.74, 6) is 2.07. The van der Waals surface area contributed by atoms with Crippen molar-refractivity contribution in [1.29, 1.82) is 5.26 Å². The van der Waals surface area contributed by atoms with E-state index in [0.29, 0.717) is 11.5 Å². The van der Waals surface area contributed by atoms with Gasteiger partial charge in [0, 0.05) is 16.5 Å². The van der Waals surface area contributed by atoms with Crippen molar-refractivity contribution in [1.82, 2.24) is 9.38 Å². The minimum absolute atomic E-state index is 0.241. The van der Waals surface area contributed by atoms with Crippen molar-refractivity contribution in [2.45, 2.75) is 6.42 Å². The lowest BCUT2D eigenvalue weighted by atomic mass is 10.1. The van der Waals surface area contributed by atoms with E-state index in [9.17, 15) is 5.26 Å². The van der Waals surface area contributed by atoms with Crippen molar-refractivity contribution in [3.63, 3.8) is 0 Å². The summed E-state index contributed by atoms with van der Waals surface area (Å²) in [5.41, 5.74) is 4.48. The molecule has 2 heterocycles. The third kappa shape index (κ3) is 3.28. The van der Waals surface area contributed by atoms with E-state index in [1.807, 2.05) is 52.2 Å². The number of ether oxygens (including phenoxy) is 3. The zero-order valence-corrected chi connectivity index (χ0v) is 17.1. The summed E-state index contributed by atoms with van der Waals surface area (Å²) in [6.07, 6.45) is 0.241. The fraction of sp³-hybridized carbons (Fsp3) is 0.182. The second-order valence-electron chi connectivity index (χ2n) is 6.28. The third-order valence-electron chi connectivity index (χ3n) is 4.73. The molecule has 0 aliphatic heterocycles. The zero-order chi connectivity index (χ0) is 20.4. The molecule has 0 aliphatic carbocycles. The molecule has 2 aromatic heterocycles. The molecule has 146 valence electrons. The highest BCUT2D eigenvalue weighted by Crippen LogP contribution is 2.37. The maximum absolute atomic E-state index is 9.47. The van der Waals surface area contributed by atoms with E-state index in [-0.39, 0.29) is 6.42 Å². The largest absolute Gasteiger partial charge is 0.497 e. The maximum atomic E-state index is 9.47. The number of benzene rings is 2. The van der Waals surface area contributed by atoms with Gasteiger partial charge >= 0.3 is 0 Å². The summed E-state index contributed by atoms with van der Waals surface area (Å²) in [6, 6.07) is 15.8. The van der Waals surface area contributed by atoms with Crippen LogP contribution >= 0.6 is 11.3 Å². The van der Waals surface area contributed by atoms with Gasteiger partial charge < -0.3 is 14.2 Å². The minimum Gasteiger partial charge on any atom is -0.497 e. The van der Waals surface area contributed by atoms with Crippen molar-refractivity contribution in [2.24, 2.45) is 0 Å². The zero-order valence-electron chi connectivity index (χ0n) is 16.3. The first kappa shape index (κ1) is 18.8. The van der Waals surface area contributed by atoms with Gasteiger partial charge in [0.05, 0.1) is 50.9 Å². The Morgan fingerprint density at radius 2 is 1.83 bits per heavy atom. The lowest BCUT2D eigenvalue weighted by molar-refractivity contribution is 0.355. The SMILES string of the molecule is COc1cccc(-c2nc3scc(-c4ccc(OC)c(OC)c4)n3c2CC#N)c1. The third-order valence-corrected chi connectivity index (χ3v) is 5.55. The predicted octanol–water partition coefficient (Wildman–Crippen LogP) is 4.82. The van der Waals surface area contributed by atoms with Crippen LogP contribution in [0.25, 0.3) is 27.5 Å². The predicted molar refractivity (Wildman–Crippen MR) is 113 cm³/mol. The molecule has 6 nitrogen and oxygen atoms in total. The highest BCUT2D eigenvalue weighted by Gasteiger charge is 2.20. The van der Waals surface area contributed by atoms with Gasteiger partial charge in [0.2, 0.25) is 0 Å². The Morgan fingerprint density at radius 3 is 2.55 bits per heavy atom. The Bertz CT molecular complexity index is 1220. The van der Waals surface area contributed by atoms with E-state index >= 15 is 0 Å². The molecule has 0 atom stereocenters. The Balaban J connectivity index is 1.92. The number of imidazole rings is 1. The molecule has 0 bridgehead atoms. The van der Waals surface area contributed by atoms with E-state index in [0.717, 1.165) is 38.9 Å². The van der Waals surface area contributed by atoms with Gasteiger partial charge in [-0.25, -0.2) is 4.98 Å². The van der Waals surface area contributed by atoms with Crippen LogP contribution in [0.15, 0.2) is 47.8 Å². The summed E-state index contributed by atoms with van der Waals surface area (Å²) in [6.45, 7) is 0. The number of nitrogens with zero attached hydrogens (tertiary/aromatic N) is 3. The molecule has 2 aromatic carbocycles. The summed E-state index contributed by atoms with van der Waals surface area (Å²) in [4.78, 5) is 5.65. The molecule has 0 saturated carbocycles. The Hall–Kier alpha value is -3.50. The molecular weight excluding hydrogens is 386 g/mol. The van der Waals surface area contributed by atoms with E-state index < -0.39 is 0 Å². The van der Waals surface area contributed by atoms with Crippen LogP contribution in [0.1, 0.15) is 5.69 Å². The normalized spacial score (nSPS) is 10.7. The Labute approximate surface area is 172 Å². The molecular formula is C22H19N3O3S. The monoisotopic (exact) mass is 405 g/mol. The van der Waals surface area contributed by atoms with Gasteiger partial charge in [0.25, 0.3) is 0 Å². The molecule has 4 rings (SSSR count). The van der Waals surface area contributed by atoms with Gasteiger partial charge in [-0.1, -0.05) is 12.1 Å². The maximum Gasteiger partial charge on any atom is 0.194 e. The Morgan fingerprint density at radius 1 is 1.00 bits per heavy atom. The molecule has 0 amide bonds. The van der Waals surface area contributed by atoms with Crippen LogP contribution in [0.5, 0.6) is 17.2 Å². The van der Waals surface area contributed by atoms with Gasteiger partial charge in [-0.05, 0) is 30.3 Å². The van der Waals surface area contributed by atoms with Crippen molar-refractivity contribution < 1.29 is 14.2 Å². The van der Waals surface area contributed by atoms with Gasteiger partial charge in [0.15, 0.2) is 16.5 Å². The van der Waals surface area contributed by atoms with Gasteiger partial charge in [-0.15, -0.1) is 11.3 Å². The van der Waals surface area contributed by atoms with Crippen molar-refractivity contribution in [3.05, 3.63) is 53.5 Å². The van der Waals surface area contributed by atoms with Crippen LogP contribution in [0, 0.1) is 11.3 Å². The lowest BCUT2D eigenvalue weighted by Gasteiger charge is -2.10. The molecule has 0 radical (unpaired) electrons. The molecule has 29 heavy (non-hydrogen) atoms. The molecule has 0 N–H and O–H groups in total. The van der Waals surface area contributed by atoms with E-state index in [2.05, 4.69) is 6.07 Å². The van der Waals surface area contributed by atoms with Crippen molar-refractivity contribution in [2.75, 3.05) is 21.3 Å². The summed E-state index contributed by atoms with van der Waals surface area (Å²) < 4.78 is 18.2. The molecule has 0 spiro atoms. The fourth-order valence-electron chi connectivity index (χ4n) is 3.35. The average molecular weight is 405 g/mol. The number of hydrogen-bond acceptors (Lipinski definition) is 6. The number of thiazole rings is 1. The lowest BCUT2D eigenvalue weighted by Crippen LogP contribution is -1.96. The summed E-state index contributed by atoms with van der Waals surface area (Å²) in [5, 5.41) is 11.5. The van der Waals surface area contributed by atoms with Gasteiger partial charge in [-0.2, -0.15) is 5.26 Å². The van der Waals surface area contributed by atoms with Crippen LogP contribution in [0.3, 0.4) is 0 Å². The molecule has 0 saturated heterocycles. The van der Waals surface area contributed by atoms with Gasteiger partial charge in [0.1, 0.15) is 5.75 Å². The number of aromatic nitrogens is 2. The highest BCUT2D eigenvalue weighted by molar-refractivity contribution is 7.15. The molecule has 0 aliphatic rings. The molecule has 0 fully saturated rings. The quantitative estimate of drug-likeness (QED) is 0.460. The van der Waals surface area contributed by atoms with Crippen LogP contribution in [-0.4, -0.2) is 30.7 Å². The number of methoxy groups -OCH3 is 3. The van der Waals surface area contributed by atoms with Crippen LogP contribution in [0.2, 0.25) is 0 Å². The second kappa shape index (κ2) is 7.86. The van der Waals surface area contributed by atoms with E-state index in [1.165, 1.54) is 11.3 Å². The average Bonchev–Trinajstić information content (AvgIpc) is 3.33. The topological polar surface area (TPSA) is 68.8 Å². The summed E-state index contributed by atoms with van der Waals surface area (Å²) in [7, 11) is 4.86.